The average molecular weight is 250 g/mol. The molecule has 3 rings (SSSR count). The zero-order valence-corrected chi connectivity index (χ0v) is 10.9. The van der Waals surface area contributed by atoms with E-state index in [1.165, 1.54) is 0 Å². The molecule has 3 nitrogen and oxygen atoms in total. The van der Waals surface area contributed by atoms with Crippen molar-refractivity contribution in [2.75, 3.05) is 0 Å². The molecule has 0 saturated carbocycles. The first-order valence-electron chi connectivity index (χ1n) is 6.41. The molecule has 0 saturated heterocycles. The molecule has 0 unspecified atom stereocenters. The van der Waals surface area contributed by atoms with Crippen molar-refractivity contribution < 1.29 is 0 Å². The van der Waals surface area contributed by atoms with Gasteiger partial charge >= 0.3 is 0 Å². The Hall–Kier alpha value is -2.07. The first-order chi connectivity index (χ1) is 9.22. The number of rotatable bonds is 1. The molecule has 0 amide bonds. The molecule has 19 heavy (non-hydrogen) atoms. The number of hydrogen-bond acceptors (Lipinski definition) is 2. The maximum atomic E-state index is 12.6. The third-order valence-electron chi connectivity index (χ3n) is 3.57. The van der Waals surface area contributed by atoms with Gasteiger partial charge in [0, 0.05) is 16.6 Å². The minimum absolute atomic E-state index is 0.117. The number of pyridine rings is 1. The molecule has 1 aromatic heterocycles. The Bertz CT molecular complexity index is 772. The summed E-state index contributed by atoms with van der Waals surface area (Å²) in [6.07, 6.45) is 8.56. The van der Waals surface area contributed by atoms with E-state index in [0.717, 1.165) is 27.6 Å². The molecular formula is C15H15BN2O. The molecular weight excluding hydrogens is 235 g/mol. The molecule has 0 radical (unpaired) electrons. The summed E-state index contributed by atoms with van der Waals surface area (Å²) in [4.78, 5) is 12.6. The second-order valence-electron chi connectivity index (χ2n) is 4.82. The number of allylic oxidation sites excluding steroid dienone is 3. The van der Waals surface area contributed by atoms with Crippen LogP contribution < -0.4 is 16.6 Å². The van der Waals surface area contributed by atoms with Crippen molar-refractivity contribution in [1.29, 1.82) is 0 Å². The van der Waals surface area contributed by atoms with E-state index >= 15 is 0 Å². The maximum absolute atomic E-state index is 12.6. The summed E-state index contributed by atoms with van der Waals surface area (Å²) in [6.45, 7) is 0.368. The fraction of sp³-hybridized carbons (Fsp3) is 0.133. The fourth-order valence-corrected chi connectivity index (χ4v) is 2.62. The minimum Gasteiger partial charge on any atom is -0.327 e. The third-order valence-corrected chi connectivity index (χ3v) is 3.57. The van der Waals surface area contributed by atoms with Gasteiger partial charge in [0.25, 0.3) is 0 Å². The second kappa shape index (κ2) is 4.55. The molecule has 1 heterocycles. The molecule has 0 atom stereocenters. The molecule has 0 spiro atoms. The molecule has 2 aromatic rings. The Morgan fingerprint density at radius 2 is 2.16 bits per heavy atom. The summed E-state index contributed by atoms with van der Waals surface area (Å²) in [5.74, 6) is 0. The summed E-state index contributed by atoms with van der Waals surface area (Å²) in [7, 11) is 2.02. The lowest BCUT2D eigenvalue weighted by Crippen LogP contribution is -2.22. The Kier molecular flexibility index (Phi) is 2.88. The highest BCUT2D eigenvalue weighted by Crippen LogP contribution is 2.18. The van der Waals surface area contributed by atoms with E-state index in [2.05, 4.69) is 0 Å². The van der Waals surface area contributed by atoms with Crippen LogP contribution in [-0.2, 0) is 13.1 Å². The second-order valence-corrected chi connectivity index (χ2v) is 4.82. The van der Waals surface area contributed by atoms with Crippen LogP contribution in [0.2, 0.25) is 0 Å². The maximum Gasteiger partial charge on any atom is 0.193 e. The van der Waals surface area contributed by atoms with Gasteiger partial charge in [-0.05, 0) is 24.6 Å². The number of aromatic nitrogens is 1. The standard InChI is InChI=1S/C15H15BN2O/c16-10-6-7-12-14(8-10)18(9-17)13-5-3-1-2-4-11(13)15(12)19/h1-3,5-8H,4,9,16-17H2. The Morgan fingerprint density at radius 1 is 1.32 bits per heavy atom. The monoisotopic (exact) mass is 250 g/mol. The van der Waals surface area contributed by atoms with Gasteiger partial charge in [-0.25, -0.2) is 0 Å². The zero-order valence-electron chi connectivity index (χ0n) is 10.9. The van der Waals surface area contributed by atoms with Gasteiger partial charge in [-0.2, -0.15) is 0 Å². The van der Waals surface area contributed by atoms with Gasteiger partial charge in [-0.15, -0.1) is 0 Å². The van der Waals surface area contributed by atoms with Crippen LogP contribution in [0.15, 0.2) is 41.2 Å². The summed E-state index contributed by atoms with van der Waals surface area (Å²) in [5, 5.41) is 0.749. The van der Waals surface area contributed by atoms with E-state index in [0.29, 0.717) is 13.1 Å². The summed E-state index contributed by atoms with van der Waals surface area (Å²) in [6, 6.07) is 5.90. The number of benzene rings is 1. The molecule has 2 N–H and O–H groups in total. The third kappa shape index (κ3) is 1.85. The van der Waals surface area contributed by atoms with Crippen molar-refractivity contribution in [2.45, 2.75) is 13.1 Å². The molecule has 1 aromatic carbocycles. The van der Waals surface area contributed by atoms with E-state index in [1.54, 1.807) is 0 Å². The van der Waals surface area contributed by atoms with Crippen LogP contribution >= 0.6 is 0 Å². The first kappa shape index (κ1) is 12.0. The number of nitrogens with two attached hydrogens (primary N) is 1. The van der Waals surface area contributed by atoms with Crippen LogP contribution in [0.4, 0.5) is 0 Å². The van der Waals surface area contributed by atoms with Crippen molar-refractivity contribution in [3.8, 4) is 0 Å². The van der Waals surface area contributed by atoms with Crippen LogP contribution in [0.25, 0.3) is 17.0 Å². The van der Waals surface area contributed by atoms with Crippen molar-refractivity contribution in [3.05, 3.63) is 57.9 Å². The Balaban J connectivity index is 2.51. The SMILES string of the molecule is Bc1ccc2c(=O)c3c(n(CN)c2c1)C=CC=CC3. The minimum atomic E-state index is 0.117. The van der Waals surface area contributed by atoms with Crippen molar-refractivity contribution in [1.82, 2.24) is 4.57 Å². The highest BCUT2D eigenvalue weighted by molar-refractivity contribution is 6.33. The van der Waals surface area contributed by atoms with Gasteiger partial charge in [0.15, 0.2) is 5.43 Å². The van der Waals surface area contributed by atoms with Gasteiger partial charge in [-0.3, -0.25) is 4.79 Å². The molecule has 1 aliphatic rings. The average Bonchev–Trinajstić information content (AvgIpc) is 2.65. The molecule has 0 fully saturated rings. The van der Waals surface area contributed by atoms with Crippen molar-refractivity contribution >= 4 is 30.3 Å². The topological polar surface area (TPSA) is 48.0 Å². The molecule has 1 aliphatic carbocycles. The number of fused-ring (bicyclic) bond motifs is 2. The summed E-state index contributed by atoms with van der Waals surface area (Å²) >= 11 is 0. The summed E-state index contributed by atoms with van der Waals surface area (Å²) in [5.41, 5.74) is 9.81. The molecule has 0 aliphatic heterocycles. The van der Waals surface area contributed by atoms with Crippen LogP contribution in [0.1, 0.15) is 11.3 Å². The lowest BCUT2D eigenvalue weighted by Gasteiger charge is -2.16. The van der Waals surface area contributed by atoms with E-state index in [-0.39, 0.29) is 5.43 Å². The van der Waals surface area contributed by atoms with Gasteiger partial charge in [0.1, 0.15) is 7.85 Å². The van der Waals surface area contributed by atoms with E-state index in [4.69, 9.17) is 5.73 Å². The number of nitrogens with zero attached hydrogens (tertiary/aromatic N) is 1. The summed E-state index contributed by atoms with van der Waals surface area (Å²) < 4.78 is 2.02. The zero-order chi connectivity index (χ0) is 13.4. The predicted molar refractivity (Wildman–Crippen MR) is 82.5 cm³/mol. The Morgan fingerprint density at radius 3 is 2.95 bits per heavy atom. The van der Waals surface area contributed by atoms with Crippen LogP contribution in [-0.4, -0.2) is 12.4 Å². The van der Waals surface area contributed by atoms with Gasteiger partial charge in [-0.1, -0.05) is 29.8 Å². The van der Waals surface area contributed by atoms with E-state index in [1.807, 2.05) is 54.9 Å². The fourth-order valence-electron chi connectivity index (χ4n) is 2.62. The smallest absolute Gasteiger partial charge is 0.193 e. The molecule has 94 valence electrons. The van der Waals surface area contributed by atoms with Gasteiger partial charge in [0.05, 0.1) is 12.2 Å². The van der Waals surface area contributed by atoms with E-state index < -0.39 is 0 Å². The van der Waals surface area contributed by atoms with Crippen LogP contribution in [0, 0.1) is 0 Å². The first-order valence-corrected chi connectivity index (χ1v) is 6.41. The van der Waals surface area contributed by atoms with Crippen molar-refractivity contribution in [3.63, 3.8) is 0 Å². The predicted octanol–water partition coefficient (Wildman–Crippen LogP) is 0.302. The van der Waals surface area contributed by atoms with Gasteiger partial charge in [0.2, 0.25) is 0 Å². The van der Waals surface area contributed by atoms with E-state index in [9.17, 15) is 4.79 Å². The van der Waals surface area contributed by atoms with Crippen LogP contribution in [0.3, 0.4) is 0 Å². The number of hydrogen-bond donors (Lipinski definition) is 1. The lowest BCUT2D eigenvalue weighted by molar-refractivity contribution is 0.742. The Labute approximate surface area is 112 Å². The highest BCUT2D eigenvalue weighted by atomic mass is 16.1. The normalized spacial score (nSPS) is 13.5. The molecule has 0 bridgehead atoms. The van der Waals surface area contributed by atoms with Crippen molar-refractivity contribution in [2.24, 2.45) is 5.73 Å². The lowest BCUT2D eigenvalue weighted by atomic mass is 9.94. The largest absolute Gasteiger partial charge is 0.327 e. The highest BCUT2D eigenvalue weighted by Gasteiger charge is 2.14. The van der Waals surface area contributed by atoms with Crippen LogP contribution in [0.5, 0.6) is 0 Å². The molecule has 4 heteroatoms. The quantitative estimate of drug-likeness (QED) is 0.740. The van der Waals surface area contributed by atoms with Gasteiger partial charge < -0.3 is 10.3 Å².